The summed E-state index contributed by atoms with van der Waals surface area (Å²) >= 11 is 0. The lowest BCUT2D eigenvalue weighted by atomic mass is 10.0. The zero-order valence-electron chi connectivity index (χ0n) is 37.5. The monoisotopic (exact) mass is 798 g/mol. The molecule has 57 heavy (non-hydrogen) atoms. The van der Waals surface area contributed by atoms with Gasteiger partial charge in [-0.25, -0.2) is 0 Å². The van der Waals surface area contributed by atoms with E-state index in [9.17, 15) is 19.8 Å². The summed E-state index contributed by atoms with van der Waals surface area (Å²) in [5, 5.41) is 23.7. The van der Waals surface area contributed by atoms with Crippen LogP contribution >= 0.6 is 0 Å². The third kappa shape index (κ3) is 40.1. The number of esters is 1. The van der Waals surface area contributed by atoms with E-state index in [1.807, 2.05) is 36.5 Å². The zero-order chi connectivity index (χ0) is 41.7. The number of hydrogen-bond donors (Lipinski definition) is 3. The molecule has 0 bridgehead atoms. The number of aliphatic hydroxyl groups is 2. The Morgan fingerprint density at radius 3 is 1.51 bits per heavy atom. The number of unbranched alkanes of at least 4 members (excludes halogenated alkanes) is 23. The molecule has 0 aromatic carbocycles. The first-order chi connectivity index (χ1) is 28.0. The van der Waals surface area contributed by atoms with E-state index in [-0.39, 0.29) is 24.9 Å². The van der Waals surface area contributed by atoms with Crippen molar-refractivity contribution in [3.8, 4) is 0 Å². The van der Waals surface area contributed by atoms with Crippen LogP contribution in [0.25, 0.3) is 0 Å². The van der Waals surface area contributed by atoms with E-state index in [0.717, 1.165) is 70.6 Å². The summed E-state index contributed by atoms with van der Waals surface area (Å²) in [7, 11) is 0. The van der Waals surface area contributed by atoms with Gasteiger partial charge in [0.25, 0.3) is 0 Å². The number of nitrogens with one attached hydrogen (secondary N) is 1. The first-order valence-corrected chi connectivity index (χ1v) is 24.1. The van der Waals surface area contributed by atoms with Gasteiger partial charge in [0.1, 0.15) is 6.10 Å². The molecule has 3 unspecified atom stereocenters. The van der Waals surface area contributed by atoms with Gasteiger partial charge in [-0.15, -0.1) is 0 Å². The van der Waals surface area contributed by atoms with Crippen molar-refractivity contribution >= 4 is 11.9 Å². The van der Waals surface area contributed by atoms with Gasteiger partial charge in [0.05, 0.1) is 25.2 Å². The number of aliphatic hydroxyl groups excluding tert-OH is 2. The Hall–Kier alpha value is -2.44. The van der Waals surface area contributed by atoms with Crippen molar-refractivity contribution in [1.29, 1.82) is 0 Å². The van der Waals surface area contributed by atoms with E-state index in [4.69, 9.17) is 4.74 Å². The summed E-state index contributed by atoms with van der Waals surface area (Å²) < 4.78 is 5.86. The van der Waals surface area contributed by atoms with Crippen LogP contribution in [0.1, 0.15) is 226 Å². The molecular formula is C51H91NO5. The number of carbonyl (C=O) groups excluding carboxylic acids is 2. The number of rotatable bonds is 42. The third-order valence-electron chi connectivity index (χ3n) is 10.7. The van der Waals surface area contributed by atoms with Crippen molar-refractivity contribution in [2.24, 2.45) is 0 Å². The zero-order valence-corrected chi connectivity index (χ0v) is 37.5. The van der Waals surface area contributed by atoms with Crippen molar-refractivity contribution < 1.29 is 24.5 Å². The Balaban J connectivity index is 4.64. The Morgan fingerprint density at radius 2 is 0.982 bits per heavy atom. The molecule has 0 heterocycles. The van der Waals surface area contributed by atoms with Crippen LogP contribution in [-0.2, 0) is 14.3 Å². The minimum atomic E-state index is -0.807. The summed E-state index contributed by atoms with van der Waals surface area (Å²) in [6.07, 6.45) is 54.3. The van der Waals surface area contributed by atoms with Crippen molar-refractivity contribution in [1.82, 2.24) is 5.32 Å². The fourth-order valence-electron chi connectivity index (χ4n) is 7.03. The summed E-state index contributed by atoms with van der Waals surface area (Å²) in [6, 6.07) is -0.725. The highest BCUT2D eigenvalue weighted by Gasteiger charge is 2.24. The van der Waals surface area contributed by atoms with E-state index in [2.05, 4.69) is 50.4 Å². The quantitative estimate of drug-likeness (QED) is 0.0247. The van der Waals surface area contributed by atoms with Gasteiger partial charge in [-0.05, 0) is 64.2 Å². The maximum atomic E-state index is 13.1. The lowest BCUT2D eigenvalue weighted by Gasteiger charge is -2.24. The predicted octanol–water partition coefficient (Wildman–Crippen LogP) is 14.1. The lowest BCUT2D eigenvalue weighted by molar-refractivity contribution is -0.151. The van der Waals surface area contributed by atoms with Crippen LogP contribution in [0.5, 0.6) is 0 Å². The normalized spacial score (nSPS) is 13.8. The number of amides is 1. The highest BCUT2D eigenvalue weighted by molar-refractivity contribution is 5.77. The van der Waals surface area contributed by atoms with E-state index < -0.39 is 18.2 Å². The first-order valence-electron chi connectivity index (χ1n) is 24.1. The second kappa shape index (κ2) is 44.7. The topological polar surface area (TPSA) is 95.9 Å². The maximum absolute atomic E-state index is 13.1. The third-order valence-corrected chi connectivity index (χ3v) is 10.7. The molecule has 0 aromatic rings. The Morgan fingerprint density at radius 1 is 0.526 bits per heavy atom. The number of allylic oxidation sites excluding steroid dienone is 10. The molecule has 3 N–H and O–H groups in total. The number of ether oxygens (including phenoxy) is 1. The fourth-order valence-corrected chi connectivity index (χ4v) is 7.03. The van der Waals surface area contributed by atoms with Crippen molar-refractivity contribution in [2.45, 2.75) is 244 Å². The van der Waals surface area contributed by atoms with Gasteiger partial charge in [0.2, 0.25) is 5.91 Å². The molecule has 0 aliphatic rings. The molecule has 0 aromatic heterocycles. The standard InChI is InChI=1S/C51H91NO5/c1-4-7-10-13-16-19-22-24-26-28-31-34-37-40-43-49(54)48(46-53)52-50(55)45-47(42-39-36-33-30-27-21-18-15-12-9-6-3)57-51(56)44-41-38-35-32-29-25-23-20-17-14-11-8-5-2/h9,12,15,18,21,25,27,29-30,33,47-49,53-54H,4-8,10-11,13-14,16-17,19-20,22-24,26,28,31-32,34-46H2,1-3H3,(H,52,55)/b12-9+,18-15+,27-21-,29-25-,33-30-. The summed E-state index contributed by atoms with van der Waals surface area (Å²) in [6.45, 7) is 6.30. The molecule has 0 spiro atoms. The molecule has 6 nitrogen and oxygen atoms in total. The second-order valence-electron chi connectivity index (χ2n) is 16.2. The van der Waals surface area contributed by atoms with Crippen molar-refractivity contribution in [3.05, 3.63) is 60.8 Å². The summed E-state index contributed by atoms with van der Waals surface area (Å²) in [4.78, 5) is 26.0. The van der Waals surface area contributed by atoms with Crippen LogP contribution in [0.4, 0.5) is 0 Å². The van der Waals surface area contributed by atoms with E-state index >= 15 is 0 Å². The maximum Gasteiger partial charge on any atom is 0.306 e. The molecule has 0 saturated heterocycles. The molecule has 0 rings (SSSR count). The van der Waals surface area contributed by atoms with Crippen LogP contribution in [-0.4, -0.2) is 46.9 Å². The van der Waals surface area contributed by atoms with Gasteiger partial charge in [0, 0.05) is 6.42 Å². The molecule has 1 amide bonds. The minimum absolute atomic E-state index is 0.0247. The van der Waals surface area contributed by atoms with Crippen LogP contribution in [0.15, 0.2) is 60.8 Å². The second-order valence-corrected chi connectivity index (χ2v) is 16.2. The van der Waals surface area contributed by atoms with E-state index in [0.29, 0.717) is 19.3 Å². The minimum Gasteiger partial charge on any atom is -0.462 e. The largest absolute Gasteiger partial charge is 0.462 e. The number of carbonyl (C=O) groups is 2. The highest BCUT2D eigenvalue weighted by atomic mass is 16.5. The van der Waals surface area contributed by atoms with Gasteiger partial charge in [0.15, 0.2) is 0 Å². The molecule has 0 fully saturated rings. The SMILES string of the molecule is CC/C=C/C=C/C=C\C=C/CCCC(CC(=O)NC(CO)C(O)CCCCCCCCCCCCCCCC)OC(=O)CCCCC/C=C\CCCCCCCC. The lowest BCUT2D eigenvalue weighted by Crippen LogP contribution is -2.46. The van der Waals surface area contributed by atoms with Crippen LogP contribution < -0.4 is 5.32 Å². The average Bonchev–Trinajstić information content (AvgIpc) is 3.20. The average molecular weight is 798 g/mol. The highest BCUT2D eigenvalue weighted by Crippen LogP contribution is 2.17. The number of hydrogen-bond acceptors (Lipinski definition) is 5. The smallest absolute Gasteiger partial charge is 0.306 e. The predicted molar refractivity (Wildman–Crippen MR) is 245 cm³/mol. The Labute approximate surface area is 352 Å². The molecule has 0 aliphatic heterocycles. The van der Waals surface area contributed by atoms with Gasteiger partial charge in [-0.1, -0.05) is 210 Å². The molecule has 0 radical (unpaired) electrons. The fraction of sp³-hybridized carbons (Fsp3) is 0.765. The van der Waals surface area contributed by atoms with E-state index in [1.165, 1.54) is 109 Å². The van der Waals surface area contributed by atoms with Gasteiger partial charge in [-0.3, -0.25) is 9.59 Å². The van der Waals surface area contributed by atoms with Gasteiger partial charge >= 0.3 is 5.97 Å². The molecule has 3 atom stereocenters. The van der Waals surface area contributed by atoms with Gasteiger partial charge < -0.3 is 20.3 Å². The molecule has 0 saturated carbocycles. The molecule has 0 aliphatic carbocycles. The molecule has 330 valence electrons. The Kier molecular flexibility index (Phi) is 42.7. The summed E-state index contributed by atoms with van der Waals surface area (Å²) in [5.74, 6) is -0.563. The van der Waals surface area contributed by atoms with Crippen molar-refractivity contribution in [2.75, 3.05) is 6.61 Å². The first kappa shape index (κ1) is 54.6. The molecular weight excluding hydrogens is 707 g/mol. The molecule has 6 heteroatoms. The van der Waals surface area contributed by atoms with Crippen LogP contribution in [0.3, 0.4) is 0 Å². The Bertz CT molecular complexity index is 1030. The van der Waals surface area contributed by atoms with Gasteiger partial charge in [-0.2, -0.15) is 0 Å². The van der Waals surface area contributed by atoms with Crippen LogP contribution in [0, 0.1) is 0 Å². The van der Waals surface area contributed by atoms with Crippen molar-refractivity contribution in [3.63, 3.8) is 0 Å². The van der Waals surface area contributed by atoms with E-state index in [1.54, 1.807) is 0 Å². The summed E-state index contributed by atoms with van der Waals surface area (Å²) in [5.41, 5.74) is 0. The van der Waals surface area contributed by atoms with Crippen LogP contribution in [0.2, 0.25) is 0 Å².